The molecule has 3 rings (SSSR count). The lowest BCUT2D eigenvalue weighted by Crippen LogP contribution is -2.19. The lowest BCUT2D eigenvalue weighted by molar-refractivity contribution is 0.266. The highest BCUT2D eigenvalue weighted by molar-refractivity contribution is 6.30. The third-order valence-electron chi connectivity index (χ3n) is 3.62. The predicted molar refractivity (Wildman–Crippen MR) is 77.9 cm³/mol. The fourth-order valence-corrected chi connectivity index (χ4v) is 2.81. The number of halogens is 1. The number of rotatable bonds is 4. The van der Waals surface area contributed by atoms with Crippen LogP contribution in [0.15, 0.2) is 24.5 Å². The minimum Gasteiger partial charge on any atom is -0.394 e. The van der Waals surface area contributed by atoms with E-state index < -0.39 is 0 Å². The zero-order chi connectivity index (χ0) is 13.9. The molecule has 106 valence electrons. The normalized spacial score (nSPS) is 17.8. The molecule has 2 aromatic rings. The van der Waals surface area contributed by atoms with Crippen molar-refractivity contribution in [1.29, 1.82) is 0 Å². The predicted octanol–water partition coefficient (Wildman–Crippen LogP) is 2.41. The number of aliphatic hydroxyl groups is 1. The number of fused-ring (bicyclic) bond motifs is 1. The van der Waals surface area contributed by atoms with Crippen molar-refractivity contribution in [2.45, 2.75) is 31.8 Å². The number of pyridine rings is 1. The fraction of sp³-hybridized carbons (Fsp3) is 0.429. The molecule has 1 aliphatic carbocycles. The van der Waals surface area contributed by atoms with Crippen molar-refractivity contribution in [2.24, 2.45) is 0 Å². The molecule has 5 nitrogen and oxygen atoms in total. The molecular weight excluding hydrogens is 276 g/mol. The average Bonchev–Trinajstić information content (AvgIpc) is 2.86. The molecule has 6 heteroatoms. The number of hydrogen-bond acceptors (Lipinski definition) is 4. The van der Waals surface area contributed by atoms with Gasteiger partial charge in [-0.2, -0.15) is 5.10 Å². The van der Waals surface area contributed by atoms with E-state index in [1.54, 1.807) is 6.20 Å². The zero-order valence-electron chi connectivity index (χ0n) is 11.1. The number of aliphatic hydroxyl groups excluding tert-OH is 1. The van der Waals surface area contributed by atoms with Crippen molar-refractivity contribution in [2.75, 3.05) is 11.9 Å². The number of anilines is 1. The second kappa shape index (κ2) is 5.81. The Labute approximate surface area is 122 Å². The molecule has 0 aromatic carbocycles. The van der Waals surface area contributed by atoms with Crippen molar-refractivity contribution < 1.29 is 5.11 Å². The first-order chi connectivity index (χ1) is 9.78. The standard InChI is InChI=1S/C14H17ClN4O/c15-10-4-5-14(16-8-10)18-12-2-1-3-13-11(12)9-17-19(13)6-7-20/h4-5,8-9,12,20H,1-3,6-7H2,(H,16,18)/t12-/m0/s1. The maximum Gasteiger partial charge on any atom is 0.126 e. The molecule has 0 unspecified atom stereocenters. The Morgan fingerprint density at radius 2 is 2.30 bits per heavy atom. The Bertz CT molecular complexity index is 581. The van der Waals surface area contributed by atoms with Gasteiger partial charge in [0.05, 0.1) is 30.4 Å². The van der Waals surface area contributed by atoms with Crippen LogP contribution in [-0.2, 0) is 13.0 Å². The van der Waals surface area contributed by atoms with Crippen molar-refractivity contribution in [3.8, 4) is 0 Å². The van der Waals surface area contributed by atoms with Crippen LogP contribution in [0.5, 0.6) is 0 Å². The van der Waals surface area contributed by atoms with Gasteiger partial charge in [-0.15, -0.1) is 0 Å². The van der Waals surface area contributed by atoms with Crippen molar-refractivity contribution in [1.82, 2.24) is 14.8 Å². The smallest absolute Gasteiger partial charge is 0.126 e. The molecule has 0 spiro atoms. The van der Waals surface area contributed by atoms with Crippen LogP contribution in [0.2, 0.25) is 5.02 Å². The molecule has 0 amide bonds. The van der Waals surface area contributed by atoms with Gasteiger partial charge in [0.1, 0.15) is 5.82 Å². The highest BCUT2D eigenvalue weighted by Crippen LogP contribution is 2.32. The Morgan fingerprint density at radius 1 is 1.40 bits per heavy atom. The first-order valence-electron chi connectivity index (χ1n) is 6.81. The van der Waals surface area contributed by atoms with Crippen LogP contribution in [0.1, 0.15) is 30.1 Å². The Hall–Kier alpha value is -1.59. The topological polar surface area (TPSA) is 63.0 Å². The first kappa shape index (κ1) is 13.4. The number of hydrogen-bond donors (Lipinski definition) is 2. The summed E-state index contributed by atoms with van der Waals surface area (Å²) >= 11 is 5.85. The summed E-state index contributed by atoms with van der Waals surface area (Å²) in [5.74, 6) is 0.821. The molecule has 0 saturated heterocycles. The van der Waals surface area contributed by atoms with Crippen LogP contribution in [0.4, 0.5) is 5.82 Å². The maximum absolute atomic E-state index is 9.07. The maximum atomic E-state index is 9.07. The van der Waals surface area contributed by atoms with E-state index in [0.29, 0.717) is 11.6 Å². The third-order valence-corrected chi connectivity index (χ3v) is 3.85. The van der Waals surface area contributed by atoms with Gasteiger partial charge in [-0.05, 0) is 31.4 Å². The second-order valence-corrected chi connectivity index (χ2v) is 5.38. The van der Waals surface area contributed by atoms with Gasteiger partial charge in [-0.3, -0.25) is 4.68 Å². The van der Waals surface area contributed by atoms with Gasteiger partial charge in [-0.1, -0.05) is 11.6 Å². The molecule has 0 bridgehead atoms. The van der Waals surface area contributed by atoms with Gasteiger partial charge in [0.15, 0.2) is 0 Å². The van der Waals surface area contributed by atoms with Gasteiger partial charge in [-0.25, -0.2) is 4.98 Å². The van der Waals surface area contributed by atoms with Gasteiger partial charge in [0.2, 0.25) is 0 Å². The molecule has 2 heterocycles. The van der Waals surface area contributed by atoms with Crippen LogP contribution in [0.3, 0.4) is 0 Å². The van der Waals surface area contributed by atoms with Gasteiger partial charge in [0, 0.05) is 17.5 Å². The summed E-state index contributed by atoms with van der Waals surface area (Å²) in [6.07, 6.45) is 6.72. The molecule has 0 radical (unpaired) electrons. The van der Waals surface area contributed by atoms with E-state index in [1.807, 2.05) is 23.0 Å². The second-order valence-electron chi connectivity index (χ2n) is 4.94. The Kier molecular flexibility index (Phi) is 3.89. The summed E-state index contributed by atoms with van der Waals surface area (Å²) in [4.78, 5) is 4.28. The minimum absolute atomic E-state index is 0.116. The van der Waals surface area contributed by atoms with Crippen LogP contribution < -0.4 is 5.32 Å². The number of nitrogens with one attached hydrogen (secondary N) is 1. The number of aromatic nitrogens is 3. The van der Waals surface area contributed by atoms with Crippen LogP contribution in [0, 0.1) is 0 Å². The van der Waals surface area contributed by atoms with Gasteiger partial charge < -0.3 is 10.4 Å². The molecule has 2 aromatic heterocycles. The lowest BCUT2D eigenvalue weighted by atomic mass is 9.93. The highest BCUT2D eigenvalue weighted by atomic mass is 35.5. The lowest BCUT2D eigenvalue weighted by Gasteiger charge is -2.24. The van der Waals surface area contributed by atoms with Crippen LogP contribution >= 0.6 is 11.6 Å². The molecule has 1 aliphatic rings. The van der Waals surface area contributed by atoms with Gasteiger partial charge >= 0.3 is 0 Å². The fourth-order valence-electron chi connectivity index (χ4n) is 2.70. The third kappa shape index (κ3) is 2.64. The first-order valence-corrected chi connectivity index (χ1v) is 7.19. The van der Waals surface area contributed by atoms with Crippen molar-refractivity contribution in [3.63, 3.8) is 0 Å². The van der Waals surface area contributed by atoms with E-state index in [0.717, 1.165) is 25.1 Å². The molecule has 2 N–H and O–H groups in total. The van der Waals surface area contributed by atoms with E-state index in [1.165, 1.54) is 11.3 Å². The monoisotopic (exact) mass is 292 g/mol. The summed E-state index contributed by atoms with van der Waals surface area (Å²) < 4.78 is 1.90. The molecule has 20 heavy (non-hydrogen) atoms. The SMILES string of the molecule is OCCn1ncc2c1CCC[C@@H]2Nc1ccc(Cl)cn1. The largest absolute Gasteiger partial charge is 0.394 e. The van der Waals surface area contributed by atoms with E-state index in [-0.39, 0.29) is 12.6 Å². The quantitative estimate of drug-likeness (QED) is 0.908. The average molecular weight is 293 g/mol. The highest BCUT2D eigenvalue weighted by Gasteiger charge is 2.24. The molecular formula is C14H17ClN4O. The minimum atomic E-state index is 0.116. The summed E-state index contributed by atoms with van der Waals surface area (Å²) in [7, 11) is 0. The molecule has 0 saturated carbocycles. The molecule has 0 fully saturated rings. The summed E-state index contributed by atoms with van der Waals surface area (Å²) in [5.41, 5.74) is 2.43. The van der Waals surface area contributed by atoms with E-state index in [4.69, 9.17) is 16.7 Å². The van der Waals surface area contributed by atoms with E-state index >= 15 is 0 Å². The summed E-state index contributed by atoms with van der Waals surface area (Å²) in [6, 6.07) is 3.93. The summed E-state index contributed by atoms with van der Waals surface area (Å²) in [6.45, 7) is 0.673. The van der Waals surface area contributed by atoms with Crippen LogP contribution in [-0.4, -0.2) is 26.5 Å². The van der Waals surface area contributed by atoms with Crippen molar-refractivity contribution in [3.05, 3.63) is 40.8 Å². The molecule has 1 atom stereocenters. The Morgan fingerprint density at radius 3 is 3.05 bits per heavy atom. The number of nitrogens with zero attached hydrogens (tertiary/aromatic N) is 3. The van der Waals surface area contributed by atoms with Gasteiger partial charge in [0.25, 0.3) is 0 Å². The molecule has 0 aliphatic heterocycles. The van der Waals surface area contributed by atoms with Crippen molar-refractivity contribution >= 4 is 17.4 Å². The van der Waals surface area contributed by atoms with E-state index in [9.17, 15) is 0 Å². The Balaban J connectivity index is 1.81. The summed E-state index contributed by atoms with van der Waals surface area (Å²) in [5, 5.41) is 17.5. The zero-order valence-corrected chi connectivity index (χ0v) is 11.8. The van der Waals surface area contributed by atoms with E-state index in [2.05, 4.69) is 15.4 Å². The van der Waals surface area contributed by atoms with Crippen LogP contribution in [0.25, 0.3) is 0 Å².